The van der Waals surface area contributed by atoms with Gasteiger partial charge in [-0.2, -0.15) is 0 Å². The van der Waals surface area contributed by atoms with Crippen LogP contribution >= 0.6 is 0 Å². The van der Waals surface area contributed by atoms with Crippen molar-refractivity contribution in [1.29, 1.82) is 0 Å². The third-order valence-electron chi connectivity index (χ3n) is 4.33. The molecular weight excluding hydrogens is 283 g/mol. The van der Waals surface area contributed by atoms with Crippen LogP contribution in [-0.4, -0.2) is 22.3 Å². The fraction of sp³-hybridized carbons (Fsp3) is 0.556. The van der Waals surface area contributed by atoms with Crippen LogP contribution in [0.25, 0.3) is 0 Å². The van der Waals surface area contributed by atoms with Gasteiger partial charge in [0.1, 0.15) is 0 Å². The van der Waals surface area contributed by atoms with Gasteiger partial charge in [-0.1, -0.05) is 6.08 Å². The summed E-state index contributed by atoms with van der Waals surface area (Å²) in [4.78, 5) is 24.4. The molecule has 0 aromatic rings. The van der Waals surface area contributed by atoms with E-state index >= 15 is 0 Å². The van der Waals surface area contributed by atoms with E-state index in [4.69, 9.17) is 0 Å². The van der Waals surface area contributed by atoms with E-state index in [2.05, 4.69) is 0 Å². The molecule has 1 aliphatic rings. The zero-order valence-corrected chi connectivity index (χ0v) is 14.0. The molecule has 0 spiro atoms. The molecule has 22 heavy (non-hydrogen) atoms. The smallest absolute Gasteiger partial charge is 0.185 e. The minimum atomic E-state index is -0.993. The number of ketones is 2. The van der Waals surface area contributed by atoms with Gasteiger partial charge in [0.05, 0.1) is 11.4 Å². The van der Waals surface area contributed by atoms with Gasteiger partial charge in [-0.05, 0) is 60.3 Å². The summed E-state index contributed by atoms with van der Waals surface area (Å²) in [7, 11) is 0. The van der Waals surface area contributed by atoms with Crippen LogP contribution in [0.15, 0.2) is 34.2 Å². The van der Waals surface area contributed by atoms with Crippen LogP contribution in [-0.2, 0) is 9.59 Å². The first-order valence-electron chi connectivity index (χ1n) is 7.58. The summed E-state index contributed by atoms with van der Waals surface area (Å²) in [5.41, 5.74) is 0.962. The molecule has 1 rings (SSSR count). The molecule has 0 heterocycles. The van der Waals surface area contributed by atoms with Crippen LogP contribution in [0.5, 0.6) is 0 Å². The van der Waals surface area contributed by atoms with E-state index in [1.54, 1.807) is 27.7 Å². The van der Waals surface area contributed by atoms with Crippen LogP contribution in [0.1, 0.15) is 60.3 Å². The molecule has 0 saturated carbocycles. The molecule has 0 aromatic carbocycles. The van der Waals surface area contributed by atoms with Crippen molar-refractivity contribution in [3.8, 4) is 0 Å². The highest BCUT2D eigenvalue weighted by Gasteiger charge is 2.29. The molecule has 0 aliphatic heterocycles. The fourth-order valence-electron chi connectivity index (χ4n) is 2.56. The molecule has 122 valence electrons. The van der Waals surface area contributed by atoms with Crippen LogP contribution in [0.2, 0.25) is 0 Å². The molecule has 3 nitrogen and oxygen atoms in total. The molecular formula is C18H25FO3. The third-order valence-corrected chi connectivity index (χ3v) is 4.33. The Morgan fingerprint density at radius 3 is 2.18 bits per heavy atom. The minimum absolute atomic E-state index is 0.0947. The summed E-state index contributed by atoms with van der Waals surface area (Å²) in [6.07, 6.45) is 3.01. The van der Waals surface area contributed by atoms with E-state index in [-0.39, 0.29) is 17.4 Å². The normalized spacial score (nSPS) is 19.9. The lowest BCUT2D eigenvalue weighted by molar-refractivity contribution is -0.116. The van der Waals surface area contributed by atoms with Gasteiger partial charge < -0.3 is 5.11 Å². The van der Waals surface area contributed by atoms with E-state index in [1.807, 2.05) is 0 Å². The van der Waals surface area contributed by atoms with Crippen LogP contribution < -0.4 is 0 Å². The average Bonchev–Trinajstić information content (AvgIpc) is 2.42. The maximum Gasteiger partial charge on any atom is 0.185 e. The summed E-state index contributed by atoms with van der Waals surface area (Å²) >= 11 is 0. The van der Waals surface area contributed by atoms with Crippen molar-refractivity contribution in [3.05, 3.63) is 34.2 Å². The monoisotopic (exact) mass is 308 g/mol. The second-order valence-corrected chi connectivity index (χ2v) is 6.34. The van der Waals surface area contributed by atoms with Crippen LogP contribution in [0, 0.1) is 0 Å². The first kappa shape index (κ1) is 18.5. The first-order valence-corrected chi connectivity index (χ1v) is 7.58. The van der Waals surface area contributed by atoms with Crippen molar-refractivity contribution in [2.45, 2.75) is 65.9 Å². The Morgan fingerprint density at radius 2 is 1.64 bits per heavy atom. The summed E-state index contributed by atoms with van der Waals surface area (Å²) in [5, 5.41) is 10.3. The second kappa shape index (κ2) is 7.14. The van der Waals surface area contributed by atoms with Crippen LogP contribution in [0.3, 0.4) is 0 Å². The molecule has 0 amide bonds. The Balaban J connectivity index is 2.77. The number of aliphatic hydroxyl groups is 1. The van der Waals surface area contributed by atoms with Gasteiger partial charge in [0, 0.05) is 22.3 Å². The third kappa shape index (κ3) is 4.47. The molecule has 1 N–H and O–H groups in total. The maximum atomic E-state index is 12.7. The standard InChI is InChI=1S/C18H25FO3/c1-11(19)7-6-9-18(5,22)10-8-15-14(4)16(20)12(2)13(3)17(15)21/h7,22H,6,8-10H2,1-5H3/b11-7-/t18-/m0/s1. The Kier molecular flexibility index (Phi) is 6.00. The van der Waals surface area contributed by atoms with E-state index in [0.29, 0.717) is 48.0 Å². The molecule has 0 bridgehead atoms. The molecule has 0 radical (unpaired) electrons. The second-order valence-electron chi connectivity index (χ2n) is 6.34. The first-order chi connectivity index (χ1) is 10.1. The molecule has 1 atom stereocenters. The number of hydrogen-bond donors (Lipinski definition) is 1. The average molecular weight is 308 g/mol. The quantitative estimate of drug-likeness (QED) is 0.755. The number of halogens is 1. The van der Waals surface area contributed by atoms with Gasteiger partial charge in [0.15, 0.2) is 11.6 Å². The molecule has 0 unspecified atom stereocenters. The van der Waals surface area contributed by atoms with E-state index in [1.165, 1.54) is 13.0 Å². The number of rotatable bonds is 6. The number of carbonyl (C=O) groups is 2. The Labute approximate surface area is 131 Å². The molecule has 4 heteroatoms. The highest BCUT2D eigenvalue weighted by atomic mass is 19.1. The Morgan fingerprint density at radius 1 is 1.09 bits per heavy atom. The van der Waals surface area contributed by atoms with Crippen molar-refractivity contribution in [1.82, 2.24) is 0 Å². The summed E-state index contributed by atoms with van der Waals surface area (Å²) in [6.45, 7) is 8.03. The lowest BCUT2D eigenvalue weighted by Crippen LogP contribution is -2.26. The minimum Gasteiger partial charge on any atom is -0.390 e. The van der Waals surface area contributed by atoms with Gasteiger partial charge in [-0.25, -0.2) is 4.39 Å². The van der Waals surface area contributed by atoms with Crippen molar-refractivity contribution >= 4 is 11.6 Å². The highest BCUT2D eigenvalue weighted by Crippen LogP contribution is 2.30. The SMILES string of the molecule is CC1=C(C)C(=O)C(CC[C@@](C)(O)CC/C=C(/C)F)=C(C)C1=O. The maximum absolute atomic E-state index is 12.7. The van der Waals surface area contributed by atoms with Crippen molar-refractivity contribution < 1.29 is 19.1 Å². The predicted molar refractivity (Wildman–Crippen MR) is 85.0 cm³/mol. The Hall–Kier alpha value is -1.55. The van der Waals surface area contributed by atoms with Gasteiger partial charge in [0.2, 0.25) is 0 Å². The zero-order valence-electron chi connectivity index (χ0n) is 14.0. The van der Waals surface area contributed by atoms with E-state index in [0.717, 1.165) is 0 Å². The molecule has 0 saturated heterocycles. The molecule has 0 fully saturated rings. The van der Waals surface area contributed by atoms with E-state index < -0.39 is 5.60 Å². The zero-order chi connectivity index (χ0) is 17.1. The summed E-state index contributed by atoms with van der Waals surface area (Å²) < 4.78 is 12.7. The lowest BCUT2D eigenvalue weighted by atomic mass is 9.82. The van der Waals surface area contributed by atoms with Gasteiger partial charge >= 0.3 is 0 Å². The number of carbonyl (C=O) groups excluding carboxylic acids is 2. The van der Waals surface area contributed by atoms with Gasteiger partial charge in [-0.3, -0.25) is 9.59 Å². The fourth-order valence-corrected chi connectivity index (χ4v) is 2.56. The Bertz CT molecular complexity index is 573. The summed E-state index contributed by atoms with van der Waals surface area (Å²) in [6, 6.07) is 0. The van der Waals surface area contributed by atoms with Crippen LogP contribution in [0.4, 0.5) is 4.39 Å². The van der Waals surface area contributed by atoms with E-state index in [9.17, 15) is 19.1 Å². The molecule has 1 aliphatic carbocycles. The number of hydrogen-bond acceptors (Lipinski definition) is 3. The summed E-state index contributed by atoms with van der Waals surface area (Å²) in [5.74, 6) is -0.466. The predicted octanol–water partition coefficient (Wildman–Crippen LogP) is 3.98. The van der Waals surface area contributed by atoms with Crippen molar-refractivity contribution in [2.75, 3.05) is 0 Å². The largest absolute Gasteiger partial charge is 0.390 e. The molecule has 0 aromatic heterocycles. The highest BCUT2D eigenvalue weighted by molar-refractivity contribution is 6.24. The number of allylic oxidation sites excluding steroid dienone is 6. The number of Topliss-reactive ketones (excluding diaryl/α,β-unsaturated/α-hetero) is 2. The van der Waals surface area contributed by atoms with Gasteiger partial charge in [0.25, 0.3) is 0 Å². The van der Waals surface area contributed by atoms with Crippen molar-refractivity contribution in [3.63, 3.8) is 0 Å². The van der Waals surface area contributed by atoms with Crippen molar-refractivity contribution in [2.24, 2.45) is 0 Å². The topological polar surface area (TPSA) is 54.4 Å². The van der Waals surface area contributed by atoms with Gasteiger partial charge in [-0.15, -0.1) is 0 Å². The lowest BCUT2D eigenvalue weighted by Gasteiger charge is -2.25.